The third kappa shape index (κ3) is 7.93. The molecule has 0 aromatic heterocycles. The summed E-state index contributed by atoms with van der Waals surface area (Å²) in [5.41, 5.74) is 0.0282. The van der Waals surface area contributed by atoms with E-state index in [1.165, 1.54) is 32.4 Å². The van der Waals surface area contributed by atoms with Gasteiger partial charge in [0.1, 0.15) is 0 Å². The molecule has 16 heavy (non-hydrogen) atoms. The van der Waals surface area contributed by atoms with E-state index in [0.29, 0.717) is 0 Å². The van der Waals surface area contributed by atoms with Crippen LogP contribution in [0.15, 0.2) is 0 Å². The van der Waals surface area contributed by atoms with Crippen molar-refractivity contribution >= 4 is 7.25 Å². The van der Waals surface area contributed by atoms with Crippen LogP contribution in [-0.2, 0) is 4.74 Å². The molecule has 1 fully saturated rings. The Balaban J connectivity index is 0.000000385. The summed E-state index contributed by atoms with van der Waals surface area (Å²) in [6.45, 7) is 6.91. The van der Waals surface area contributed by atoms with Crippen LogP contribution in [0.1, 0.15) is 33.1 Å². The highest BCUT2D eigenvalue weighted by molar-refractivity contribution is 6.50. The van der Waals surface area contributed by atoms with E-state index in [-0.39, 0.29) is 5.72 Å². The van der Waals surface area contributed by atoms with E-state index in [2.05, 4.69) is 13.8 Å². The Morgan fingerprint density at radius 1 is 1.00 bits per heavy atom. The number of ether oxygens (including phenoxy) is 1. The van der Waals surface area contributed by atoms with Crippen molar-refractivity contribution in [2.75, 3.05) is 20.2 Å². The zero-order chi connectivity index (χ0) is 12.8. The predicted octanol–water partition coefficient (Wildman–Crippen LogP) is 1.74. The molecule has 0 radical (unpaired) electrons. The first-order valence-electron chi connectivity index (χ1n) is 5.44. The fraction of sp³-hybridized carbons (Fsp3) is 1.00. The molecule has 0 spiro atoms. The summed E-state index contributed by atoms with van der Waals surface area (Å²) in [6, 6.07) is 0. The topological polar surface area (TPSA) is 13.7 Å². The average molecular weight is 245 g/mol. The third-order valence-electron chi connectivity index (χ3n) is 2.82. The van der Waals surface area contributed by atoms with Crippen molar-refractivity contribution < 1.29 is 26.9 Å². The van der Waals surface area contributed by atoms with Crippen LogP contribution in [0.4, 0.5) is 17.3 Å². The lowest BCUT2D eigenvalue weighted by molar-refractivity contribution is -0.977. The first-order valence-corrected chi connectivity index (χ1v) is 5.44. The molecule has 0 amide bonds. The van der Waals surface area contributed by atoms with E-state index in [4.69, 9.17) is 4.74 Å². The standard InChI is InChI=1S/C9H19NO.BF4/c1-9(2,11-3)10-7-5-4-6-8-10;2-1(3,4)5/h4-8H2,1-3H3;/q;-1/p+1. The van der Waals surface area contributed by atoms with Crippen LogP contribution in [0.5, 0.6) is 0 Å². The number of hydrogen-bond acceptors (Lipinski definition) is 1. The van der Waals surface area contributed by atoms with E-state index >= 15 is 0 Å². The number of rotatable bonds is 2. The van der Waals surface area contributed by atoms with Crippen molar-refractivity contribution in [3.8, 4) is 0 Å². The average Bonchev–Trinajstić information content (AvgIpc) is 2.17. The second kappa shape index (κ2) is 6.44. The summed E-state index contributed by atoms with van der Waals surface area (Å²) in [7, 11) is -4.19. The van der Waals surface area contributed by atoms with E-state index in [9.17, 15) is 17.3 Å². The fourth-order valence-corrected chi connectivity index (χ4v) is 1.72. The van der Waals surface area contributed by atoms with Crippen molar-refractivity contribution in [3.05, 3.63) is 0 Å². The summed E-state index contributed by atoms with van der Waals surface area (Å²) >= 11 is 0. The molecule has 0 aromatic carbocycles. The molecule has 1 heterocycles. The van der Waals surface area contributed by atoms with Crippen LogP contribution >= 0.6 is 0 Å². The Hall–Kier alpha value is -0.295. The van der Waals surface area contributed by atoms with Crippen LogP contribution in [0.2, 0.25) is 0 Å². The van der Waals surface area contributed by atoms with Gasteiger partial charge in [0.15, 0.2) is 5.72 Å². The number of halogens is 4. The first kappa shape index (κ1) is 15.7. The summed E-state index contributed by atoms with van der Waals surface area (Å²) in [5.74, 6) is 0. The Bertz CT molecular complexity index is 186. The molecule has 1 rings (SSSR count). The minimum atomic E-state index is -6.00. The zero-order valence-corrected chi connectivity index (χ0v) is 10.0. The van der Waals surface area contributed by atoms with Crippen LogP contribution in [0.25, 0.3) is 0 Å². The van der Waals surface area contributed by atoms with Gasteiger partial charge in [-0.3, -0.25) is 0 Å². The Morgan fingerprint density at radius 2 is 1.38 bits per heavy atom. The van der Waals surface area contributed by atoms with Crippen LogP contribution in [0, 0.1) is 0 Å². The molecule has 0 aliphatic carbocycles. The lowest BCUT2D eigenvalue weighted by atomic mass is 10.1. The number of likely N-dealkylation sites (tertiary alicyclic amines) is 1. The molecule has 1 N–H and O–H groups in total. The monoisotopic (exact) mass is 245 g/mol. The van der Waals surface area contributed by atoms with Gasteiger partial charge in [-0.2, -0.15) is 0 Å². The van der Waals surface area contributed by atoms with Crippen molar-refractivity contribution in [1.29, 1.82) is 0 Å². The number of piperidine rings is 1. The summed E-state index contributed by atoms with van der Waals surface area (Å²) in [5, 5.41) is 0. The predicted molar refractivity (Wildman–Crippen MR) is 55.8 cm³/mol. The maximum Gasteiger partial charge on any atom is 0.673 e. The van der Waals surface area contributed by atoms with Gasteiger partial charge in [0.05, 0.1) is 13.1 Å². The maximum atomic E-state index is 9.75. The maximum absolute atomic E-state index is 9.75. The van der Waals surface area contributed by atoms with Crippen molar-refractivity contribution in [3.63, 3.8) is 0 Å². The molecule has 0 aromatic rings. The molecule has 1 aliphatic rings. The molecule has 0 saturated carbocycles. The second-order valence-corrected chi connectivity index (χ2v) is 4.37. The largest absolute Gasteiger partial charge is 0.673 e. The summed E-state index contributed by atoms with van der Waals surface area (Å²) < 4.78 is 44.4. The van der Waals surface area contributed by atoms with Gasteiger partial charge >= 0.3 is 7.25 Å². The third-order valence-corrected chi connectivity index (χ3v) is 2.82. The van der Waals surface area contributed by atoms with E-state index in [1.807, 2.05) is 7.11 Å². The van der Waals surface area contributed by atoms with Crippen LogP contribution in [-0.4, -0.2) is 33.2 Å². The number of hydrogen-bond donors (Lipinski definition) is 1. The van der Waals surface area contributed by atoms with Gasteiger partial charge in [-0.15, -0.1) is 0 Å². The molecule has 0 atom stereocenters. The second-order valence-electron chi connectivity index (χ2n) is 4.37. The molecule has 0 bridgehead atoms. The van der Waals surface area contributed by atoms with Gasteiger partial charge in [-0.1, -0.05) is 0 Å². The quantitative estimate of drug-likeness (QED) is 0.577. The Kier molecular flexibility index (Phi) is 6.32. The zero-order valence-electron chi connectivity index (χ0n) is 10.0. The molecular weight excluding hydrogens is 225 g/mol. The lowest BCUT2D eigenvalue weighted by Crippen LogP contribution is -3.20. The molecule has 1 aliphatic heterocycles. The smallest absolute Gasteiger partial charge is 0.418 e. The van der Waals surface area contributed by atoms with Crippen LogP contribution in [0.3, 0.4) is 0 Å². The van der Waals surface area contributed by atoms with E-state index in [1.54, 1.807) is 4.90 Å². The molecular formula is C9H20BF4NO. The molecule has 2 nitrogen and oxygen atoms in total. The van der Waals surface area contributed by atoms with Crippen molar-refractivity contribution in [2.45, 2.75) is 38.8 Å². The van der Waals surface area contributed by atoms with E-state index in [0.717, 1.165) is 0 Å². The minimum Gasteiger partial charge on any atom is -0.418 e. The van der Waals surface area contributed by atoms with Gasteiger partial charge in [0.2, 0.25) is 0 Å². The molecule has 1 saturated heterocycles. The highest BCUT2D eigenvalue weighted by atomic mass is 19.5. The minimum absolute atomic E-state index is 0.0282. The van der Waals surface area contributed by atoms with Gasteiger partial charge < -0.3 is 26.9 Å². The summed E-state index contributed by atoms with van der Waals surface area (Å²) in [6.07, 6.45) is 4.13. The normalized spacial score (nSPS) is 18.9. The highest BCUT2D eigenvalue weighted by Gasteiger charge is 2.31. The van der Waals surface area contributed by atoms with Crippen molar-refractivity contribution in [2.24, 2.45) is 0 Å². The summed E-state index contributed by atoms with van der Waals surface area (Å²) in [4.78, 5) is 1.60. The molecule has 7 heteroatoms. The number of methoxy groups -OCH3 is 1. The van der Waals surface area contributed by atoms with Gasteiger partial charge in [-0.05, 0) is 19.3 Å². The Labute approximate surface area is 94.0 Å². The lowest BCUT2D eigenvalue weighted by Gasteiger charge is -2.36. The molecule has 98 valence electrons. The number of quaternary nitrogens is 1. The van der Waals surface area contributed by atoms with E-state index < -0.39 is 7.25 Å². The van der Waals surface area contributed by atoms with Gasteiger partial charge in [0.25, 0.3) is 0 Å². The first-order chi connectivity index (χ1) is 7.17. The van der Waals surface area contributed by atoms with Gasteiger partial charge in [0, 0.05) is 21.0 Å². The van der Waals surface area contributed by atoms with Crippen molar-refractivity contribution in [1.82, 2.24) is 0 Å². The van der Waals surface area contributed by atoms with Crippen LogP contribution < -0.4 is 4.90 Å². The molecule has 0 unspecified atom stereocenters. The fourth-order valence-electron chi connectivity index (χ4n) is 1.72. The highest BCUT2D eigenvalue weighted by Crippen LogP contribution is 2.06. The Morgan fingerprint density at radius 3 is 1.69 bits per heavy atom. The number of nitrogens with one attached hydrogen (secondary N) is 1. The SMILES string of the molecule is COC(C)(C)[NH+]1CCCCC1.F[B-](F)(F)F. The van der Waals surface area contributed by atoms with Gasteiger partial charge in [-0.25, -0.2) is 0 Å².